The number of aromatic hydroxyl groups is 1. The Morgan fingerprint density at radius 1 is 1.26 bits per heavy atom. The fraction of sp³-hybridized carbons (Fsp3) is 0.294. The molecule has 23 heavy (non-hydrogen) atoms. The minimum absolute atomic E-state index is 0.109. The lowest BCUT2D eigenvalue weighted by molar-refractivity contribution is -0.386. The monoisotopic (exact) mass is 313 g/mol. The molecule has 0 bridgehead atoms. The van der Waals surface area contributed by atoms with Crippen molar-refractivity contribution in [2.45, 2.75) is 19.0 Å². The van der Waals surface area contributed by atoms with Crippen LogP contribution in [0.15, 0.2) is 42.5 Å². The van der Waals surface area contributed by atoms with Gasteiger partial charge in [0.2, 0.25) is 0 Å². The Kier molecular flexibility index (Phi) is 4.27. The van der Waals surface area contributed by atoms with Crippen LogP contribution in [-0.4, -0.2) is 28.0 Å². The van der Waals surface area contributed by atoms with E-state index in [0.29, 0.717) is 6.54 Å². The molecule has 1 aliphatic rings. The zero-order valence-electron chi connectivity index (χ0n) is 12.7. The third-order valence-electron chi connectivity index (χ3n) is 4.41. The van der Waals surface area contributed by atoms with Crippen LogP contribution in [-0.2, 0) is 13.0 Å². The van der Waals surface area contributed by atoms with Gasteiger partial charge >= 0.3 is 5.69 Å². The summed E-state index contributed by atoms with van der Waals surface area (Å²) < 4.78 is 0. The molecule has 120 valence electrons. The van der Waals surface area contributed by atoms with Gasteiger partial charge in [-0.2, -0.15) is 0 Å². The Morgan fingerprint density at radius 3 is 2.70 bits per heavy atom. The number of hydrogen-bond donors (Lipinski definition) is 2. The average Bonchev–Trinajstić information content (AvgIpc) is 2.56. The molecule has 6 heteroatoms. The van der Waals surface area contributed by atoms with Gasteiger partial charge < -0.3 is 10.8 Å². The fourth-order valence-corrected chi connectivity index (χ4v) is 3.17. The van der Waals surface area contributed by atoms with Gasteiger partial charge in [0.1, 0.15) is 0 Å². The molecular weight excluding hydrogens is 294 g/mol. The van der Waals surface area contributed by atoms with E-state index in [0.717, 1.165) is 25.1 Å². The van der Waals surface area contributed by atoms with E-state index in [9.17, 15) is 15.2 Å². The van der Waals surface area contributed by atoms with Crippen LogP contribution in [0.4, 0.5) is 5.69 Å². The van der Waals surface area contributed by atoms with E-state index in [-0.39, 0.29) is 17.5 Å². The molecule has 1 atom stereocenters. The van der Waals surface area contributed by atoms with Crippen molar-refractivity contribution in [2.24, 2.45) is 5.73 Å². The predicted octanol–water partition coefficient (Wildman–Crippen LogP) is 2.36. The number of benzene rings is 2. The molecule has 0 aliphatic carbocycles. The summed E-state index contributed by atoms with van der Waals surface area (Å²) in [6.07, 6.45) is 0.937. The highest BCUT2D eigenvalue weighted by molar-refractivity contribution is 5.48. The van der Waals surface area contributed by atoms with E-state index in [2.05, 4.69) is 17.0 Å². The lowest BCUT2D eigenvalue weighted by Gasteiger charge is -2.35. The number of phenols is 1. The Balaban J connectivity index is 1.89. The molecule has 6 nitrogen and oxygen atoms in total. The summed E-state index contributed by atoms with van der Waals surface area (Å²) >= 11 is 0. The Hall–Kier alpha value is -2.44. The van der Waals surface area contributed by atoms with Gasteiger partial charge in [-0.15, -0.1) is 0 Å². The Morgan fingerprint density at radius 2 is 2.00 bits per heavy atom. The van der Waals surface area contributed by atoms with Crippen LogP contribution in [0.5, 0.6) is 5.75 Å². The van der Waals surface area contributed by atoms with Crippen molar-refractivity contribution in [1.82, 2.24) is 4.90 Å². The quantitative estimate of drug-likeness (QED) is 0.667. The first-order chi connectivity index (χ1) is 11.1. The third kappa shape index (κ3) is 3.04. The molecule has 2 aromatic carbocycles. The second-order valence-electron chi connectivity index (χ2n) is 5.75. The van der Waals surface area contributed by atoms with E-state index >= 15 is 0 Å². The van der Waals surface area contributed by atoms with Gasteiger partial charge in [-0.25, -0.2) is 0 Å². The zero-order valence-corrected chi connectivity index (χ0v) is 12.7. The summed E-state index contributed by atoms with van der Waals surface area (Å²) in [5.41, 5.74) is 9.04. The van der Waals surface area contributed by atoms with Crippen molar-refractivity contribution in [3.63, 3.8) is 0 Å². The predicted molar refractivity (Wildman–Crippen MR) is 87.1 cm³/mol. The van der Waals surface area contributed by atoms with Gasteiger partial charge in [0.25, 0.3) is 0 Å². The SMILES string of the molecule is NCC(c1ccc(O)c([N+](=O)[O-])c1)N1CCc2ccccc2C1. The van der Waals surface area contributed by atoms with Crippen LogP contribution in [0.1, 0.15) is 22.7 Å². The lowest BCUT2D eigenvalue weighted by Crippen LogP contribution is -2.37. The van der Waals surface area contributed by atoms with Crippen LogP contribution < -0.4 is 5.73 Å². The standard InChI is InChI=1S/C17H19N3O3/c18-10-16(13-5-6-17(21)15(9-13)20(22)23)19-8-7-12-3-1-2-4-14(12)11-19/h1-6,9,16,21H,7-8,10-11,18H2. The molecule has 3 N–H and O–H groups in total. The summed E-state index contributed by atoms with van der Waals surface area (Å²) in [6, 6.07) is 12.7. The van der Waals surface area contributed by atoms with Gasteiger partial charge in [-0.05, 0) is 29.2 Å². The van der Waals surface area contributed by atoms with E-state index < -0.39 is 4.92 Å². The second-order valence-corrected chi connectivity index (χ2v) is 5.75. The van der Waals surface area contributed by atoms with Gasteiger partial charge in [0, 0.05) is 31.7 Å². The molecule has 1 unspecified atom stereocenters. The van der Waals surface area contributed by atoms with Crippen molar-refractivity contribution in [1.29, 1.82) is 0 Å². The molecule has 0 fully saturated rings. The third-order valence-corrected chi connectivity index (χ3v) is 4.41. The van der Waals surface area contributed by atoms with Crippen LogP contribution in [0.2, 0.25) is 0 Å². The van der Waals surface area contributed by atoms with Crippen molar-refractivity contribution in [2.75, 3.05) is 13.1 Å². The normalized spacial score (nSPS) is 15.9. The fourth-order valence-electron chi connectivity index (χ4n) is 3.17. The Labute approximate surface area is 134 Å². The average molecular weight is 313 g/mol. The molecule has 0 radical (unpaired) electrons. The molecule has 0 saturated carbocycles. The molecule has 3 rings (SSSR count). The summed E-state index contributed by atoms with van der Waals surface area (Å²) in [5.74, 6) is -0.321. The van der Waals surface area contributed by atoms with Crippen LogP contribution in [0.3, 0.4) is 0 Å². The van der Waals surface area contributed by atoms with E-state index in [1.165, 1.54) is 23.3 Å². The first-order valence-electron chi connectivity index (χ1n) is 7.58. The topological polar surface area (TPSA) is 92.6 Å². The number of hydrogen-bond acceptors (Lipinski definition) is 5. The molecule has 0 saturated heterocycles. The molecule has 0 spiro atoms. The van der Waals surface area contributed by atoms with E-state index in [4.69, 9.17) is 5.73 Å². The molecule has 0 amide bonds. The maximum absolute atomic E-state index is 11.0. The van der Waals surface area contributed by atoms with Crippen molar-refractivity contribution in [3.05, 3.63) is 69.3 Å². The minimum atomic E-state index is -0.572. The number of nitro benzene ring substituents is 1. The summed E-state index contributed by atoms with van der Waals surface area (Å²) in [4.78, 5) is 12.7. The molecule has 0 aromatic heterocycles. The van der Waals surface area contributed by atoms with Gasteiger partial charge in [-0.3, -0.25) is 15.0 Å². The van der Waals surface area contributed by atoms with Crippen molar-refractivity contribution >= 4 is 5.69 Å². The summed E-state index contributed by atoms with van der Waals surface area (Å²) in [7, 11) is 0. The van der Waals surface area contributed by atoms with E-state index in [1.54, 1.807) is 6.07 Å². The van der Waals surface area contributed by atoms with Gasteiger partial charge in [0.15, 0.2) is 5.75 Å². The first-order valence-corrected chi connectivity index (χ1v) is 7.58. The number of nitro groups is 1. The van der Waals surface area contributed by atoms with Crippen LogP contribution in [0, 0.1) is 10.1 Å². The second kappa shape index (κ2) is 6.36. The summed E-state index contributed by atoms with van der Waals surface area (Å²) in [5, 5.41) is 20.6. The minimum Gasteiger partial charge on any atom is -0.502 e. The number of nitrogens with zero attached hydrogens (tertiary/aromatic N) is 2. The largest absolute Gasteiger partial charge is 0.502 e. The van der Waals surface area contributed by atoms with Crippen LogP contribution >= 0.6 is 0 Å². The Bertz CT molecular complexity index is 733. The van der Waals surface area contributed by atoms with Crippen molar-refractivity contribution < 1.29 is 10.0 Å². The smallest absolute Gasteiger partial charge is 0.311 e. The highest BCUT2D eigenvalue weighted by Crippen LogP contribution is 2.32. The molecule has 2 aromatic rings. The molecular formula is C17H19N3O3. The summed E-state index contributed by atoms with van der Waals surface area (Å²) in [6.45, 7) is 1.99. The van der Waals surface area contributed by atoms with E-state index in [1.807, 2.05) is 12.1 Å². The lowest BCUT2D eigenvalue weighted by atomic mass is 9.96. The van der Waals surface area contributed by atoms with Gasteiger partial charge in [0.05, 0.1) is 4.92 Å². The number of fused-ring (bicyclic) bond motifs is 1. The maximum Gasteiger partial charge on any atom is 0.311 e. The zero-order chi connectivity index (χ0) is 16.4. The van der Waals surface area contributed by atoms with Crippen molar-refractivity contribution in [3.8, 4) is 5.75 Å². The van der Waals surface area contributed by atoms with Crippen LogP contribution in [0.25, 0.3) is 0 Å². The maximum atomic E-state index is 11.0. The molecule has 1 heterocycles. The number of nitrogens with two attached hydrogens (primary N) is 1. The number of rotatable bonds is 4. The van der Waals surface area contributed by atoms with Gasteiger partial charge in [-0.1, -0.05) is 30.3 Å². The molecule has 1 aliphatic heterocycles. The first kappa shape index (κ1) is 15.5. The highest BCUT2D eigenvalue weighted by atomic mass is 16.6. The highest BCUT2D eigenvalue weighted by Gasteiger charge is 2.25. The number of phenolic OH excluding ortho intramolecular Hbond substituents is 1.